The molecule has 4 aliphatic carbocycles. The fraction of sp³-hybridized carbons (Fsp3) is 0.941. The lowest BCUT2D eigenvalue weighted by Crippen LogP contribution is -2.59. The largest absolute Gasteiger partial charge is 0.394 e. The van der Waals surface area contributed by atoms with Gasteiger partial charge in [-0.25, -0.2) is 0 Å². The predicted octanol–water partition coefficient (Wildman–Crippen LogP) is 3.15. The monoisotopic (exact) mass is 608 g/mol. The van der Waals surface area contributed by atoms with Crippen molar-refractivity contribution in [1.29, 1.82) is 0 Å². The molecule has 2 aliphatic heterocycles. The number of allylic oxidation sites excluding steroid dienone is 1. The van der Waals surface area contributed by atoms with E-state index in [0.717, 1.165) is 44.9 Å². The van der Waals surface area contributed by atoms with Gasteiger partial charge in [0.15, 0.2) is 12.1 Å². The van der Waals surface area contributed by atoms with E-state index in [1.54, 1.807) is 7.11 Å². The summed E-state index contributed by atoms with van der Waals surface area (Å²) < 4.78 is 24.5. The van der Waals surface area contributed by atoms with Crippen molar-refractivity contribution in [3.63, 3.8) is 0 Å². The van der Waals surface area contributed by atoms with Crippen molar-refractivity contribution >= 4 is 0 Å². The lowest BCUT2D eigenvalue weighted by molar-refractivity contribution is -0.303. The molecule has 0 unspecified atom stereocenters. The first-order chi connectivity index (χ1) is 20.4. The third-order valence-electron chi connectivity index (χ3n) is 13.5. The van der Waals surface area contributed by atoms with Gasteiger partial charge in [-0.2, -0.15) is 0 Å². The Morgan fingerprint density at radius 3 is 2.53 bits per heavy atom. The maximum absolute atomic E-state index is 10.4. The summed E-state index contributed by atoms with van der Waals surface area (Å²) >= 11 is 0. The Bertz CT molecular complexity index is 1040. The van der Waals surface area contributed by atoms with Crippen molar-refractivity contribution in [1.82, 2.24) is 0 Å². The zero-order valence-electron chi connectivity index (χ0n) is 26.7. The van der Waals surface area contributed by atoms with Crippen molar-refractivity contribution in [2.45, 2.75) is 134 Å². The van der Waals surface area contributed by atoms with Gasteiger partial charge in [-0.05, 0) is 91.8 Å². The summed E-state index contributed by atoms with van der Waals surface area (Å²) in [4.78, 5) is 0. The number of hydrogen-bond donors (Lipinski definition) is 5. The zero-order chi connectivity index (χ0) is 30.9. The van der Waals surface area contributed by atoms with Gasteiger partial charge in [0.25, 0.3) is 0 Å². The third-order valence-corrected chi connectivity index (χ3v) is 13.5. The molecule has 6 aliphatic rings. The van der Waals surface area contributed by atoms with Crippen molar-refractivity contribution < 1.29 is 44.5 Å². The van der Waals surface area contributed by atoms with Gasteiger partial charge in [0, 0.05) is 19.4 Å². The second-order valence-electron chi connectivity index (χ2n) is 15.6. The van der Waals surface area contributed by atoms with E-state index in [4.69, 9.17) is 18.9 Å². The molecule has 3 saturated carbocycles. The number of rotatable bonds is 8. The molecule has 9 heteroatoms. The Balaban J connectivity index is 1.09. The Kier molecular flexibility index (Phi) is 8.93. The highest BCUT2D eigenvalue weighted by atomic mass is 16.7. The molecule has 246 valence electrons. The maximum atomic E-state index is 10.4. The van der Waals surface area contributed by atoms with Gasteiger partial charge in [0.2, 0.25) is 0 Å². The highest BCUT2D eigenvalue weighted by Crippen LogP contribution is 2.70. The lowest BCUT2D eigenvalue weighted by Gasteiger charge is -2.58. The molecule has 6 rings (SSSR count). The smallest absolute Gasteiger partial charge is 0.186 e. The number of aliphatic hydroxyl groups excluding tert-OH is 5. The van der Waals surface area contributed by atoms with Crippen LogP contribution in [0.4, 0.5) is 0 Å². The van der Waals surface area contributed by atoms with E-state index in [1.807, 2.05) is 0 Å². The first-order valence-electron chi connectivity index (χ1n) is 16.9. The van der Waals surface area contributed by atoms with Crippen molar-refractivity contribution in [2.75, 3.05) is 20.3 Å². The summed E-state index contributed by atoms with van der Waals surface area (Å²) in [6.07, 6.45) is 5.31. The van der Waals surface area contributed by atoms with Gasteiger partial charge in [0.1, 0.15) is 24.4 Å². The van der Waals surface area contributed by atoms with E-state index in [-0.39, 0.29) is 41.5 Å². The van der Waals surface area contributed by atoms with Gasteiger partial charge < -0.3 is 44.5 Å². The van der Waals surface area contributed by atoms with Crippen molar-refractivity contribution in [2.24, 2.45) is 46.3 Å². The topological polar surface area (TPSA) is 138 Å². The van der Waals surface area contributed by atoms with Crippen LogP contribution in [0.15, 0.2) is 11.6 Å². The fourth-order valence-electron chi connectivity index (χ4n) is 10.9. The summed E-state index contributed by atoms with van der Waals surface area (Å²) in [6, 6.07) is 0. The standard InChI is InChI=1S/C34H56O9/c1-18(17-41-31-30(39)29(38)28(37)26(16-35)42-31)8-13-34(40-5)19(2)27-25(43-34)15-24-22-7-6-20-14-21(36)9-11-32(20,3)23(22)10-12-33(24,27)4/h6,18-19,21-31,35-39H,7-17H2,1-5H3/t18-,19+,21+,22-,23+,24+,25+,26-,27+,28-,29+,30-,31-,32+,33+,34-/m1/s1. The van der Waals surface area contributed by atoms with Crippen LogP contribution in [0.5, 0.6) is 0 Å². The fourth-order valence-corrected chi connectivity index (χ4v) is 10.9. The molecule has 0 spiro atoms. The average molecular weight is 609 g/mol. The van der Waals surface area contributed by atoms with Crippen LogP contribution in [0.2, 0.25) is 0 Å². The SMILES string of the molecule is CO[C@]1(CC[C@@H](C)CO[C@@H]2O[C@H](CO)[C@@H](O)[C@H](O)[C@H]2O)O[C@H]2C[C@H]3[C@@H]4CC=C5C[C@@H](O)CC[C@]5(C)[C@H]4CC[C@]3(C)[C@H]2[C@@H]1C. The van der Waals surface area contributed by atoms with Gasteiger partial charge >= 0.3 is 0 Å². The van der Waals surface area contributed by atoms with E-state index in [9.17, 15) is 25.5 Å². The van der Waals surface area contributed by atoms with E-state index in [2.05, 4.69) is 33.8 Å². The van der Waals surface area contributed by atoms with Gasteiger partial charge in [-0.1, -0.05) is 39.3 Å². The third kappa shape index (κ3) is 5.17. The van der Waals surface area contributed by atoms with Gasteiger partial charge in [0.05, 0.1) is 25.4 Å². The molecule has 0 amide bonds. The quantitative estimate of drug-likeness (QED) is 0.263. The minimum Gasteiger partial charge on any atom is -0.394 e. The molecule has 0 bridgehead atoms. The molecule has 0 aromatic carbocycles. The molecule has 43 heavy (non-hydrogen) atoms. The lowest BCUT2D eigenvalue weighted by atomic mass is 9.47. The van der Waals surface area contributed by atoms with Crippen molar-refractivity contribution in [3.05, 3.63) is 11.6 Å². The molecule has 9 nitrogen and oxygen atoms in total. The summed E-state index contributed by atoms with van der Waals surface area (Å²) in [5.41, 5.74) is 1.97. The van der Waals surface area contributed by atoms with Crippen LogP contribution in [0.3, 0.4) is 0 Å². The van der Waals surface area contributed by atoms with E-state index in [1.165, 1.54) is 18.4 Å². The van der Waals surface area contributed by atoms with E-state index < -0.39 is 43.1 Å². The minimum absolute atomic E-state index is 0.104. The Morgan fingerprint density at radius 1 is 1.05 bits per heavy atom. The average Bonchev–Trinajstić information content (AvgIpc) is 3.44. The summed E-state index contributed by atoms with van der Waals surface area (Å²) in [5.74, 6) is 2.18. The second kappa shape index (κ2) is 11.9. The van der Waals surface area contributed by atoms with Gasteiger partial charge in [-0.3, -0.25) is 0 Å². The number of ether oxygens (including phenoxy) is 4. The van der Waals surface area contributed by atoms with Crippen LogP contribution in [0.25, 0.3) is 0 Å². The first-order valence-corrected chi connectivity index (χ1v) is 16.9. The normalized spacial score (nSPS) is 53.4. The van der Waals surface area contributed by atoms with Crippen molar-refractivity contribution in [3.8, 4) is 0 Å². The molecule has 0 radical (unpaired) electrons. The molecule has 2 heterocycles. The molecule has 0 aromatic heterocycles. The second-order valence-corrected chi connectivity index (χ2v) is 15.6. The molecule has 5 fully saturated rings. The first kappa shape index (κ1) is 32.3. The van der Waals surface area contributed by atoms with E-state index in [0.29, 0.717) is 23.7 Å². The molecule has 5 N–H and O–H groups in total. The highest BCUT2D eigenvalue weighted by molar-refractivity contribution is 5.26. The van der Waals surface area contributed by atoms with Crippen LogP contribution in [0.1, 0.15) is 85.5 Å². The Hall–Kier alpha value is -0.620. The number of methoxy groups -OCH3 is 1. The van der Waals surface area contributed by atoms with Crippen LogP contribution in [-0.2, 0) is 18.9 Å². The Morgan fingerprint density at radius 2 is 1.81 bits per heavy atom. The number of aliphatic hydroxyl groups is 5. The molecule has 16 atom stereocenters. The molecule has 2 saturated heterocycles. The Labute approximate surface area is 256 Å². The molecular weight excluding hydrogens is 552 g/mol. The van der Waals surface area contributed by atoms with Crippen LogP contribution < -0.4 is 0 Å². The molecular formula is C34H56O9. The number of hydrogen-bond acceptors (Lipinski definition) is 9. The van der Waals surface area contributed by atoms with Crippen LogP contribution in [-0.4, -0.2) is 94.6 Å². The van der Waals surface area contributed by atoms with Crippen LogP contribution in [0, 0.1) is 46.3 Å². The highest BCUT2D eigenvalue weighted by Gasteiger charge is 2.68. The summed E-state index contributed by atoms with van der Waals surface area (Å²) in [5, 5.41) is 50.2. The van der Waals surface area contributed by atoms with Crippen LogP contribution >= 0.6 is 0 Å². The maximum Gasteiger partial charge on any atom is 0.186 e. The zero-order valence-corrected chi connectivity index (χ0v) is 26.7. The van der Waals surface area contributed by atoms with E-state index >= 15 is 0 Å². The minimum atomic E-state index is -1.44. The van der Waals surface area contributed by atoms with Gasteiger partial charge in [-0.15, -0.1) is 0 Å². The predicted molar refractivity (Wildman–Crippen MR) is 158 cm³/mol. The number of fused-ring (bicyclic) bond motifs is 7. The molecule has 0 aromatic rings. The summed E-state index contributed by atoms with van der Waals surface area (Å²) in [7, 11) is 1.77. The summed E-state index contributed by atoms with van der Waals surface area (Å²) in [6.45, 7) is 9.23.